The fourth-order valence-electron chi connectivity index (χ4n) is 1.22. The lowest BCUT2D eigenvalue weighted by molar-refractivity contribution is -0.153. The third-order valence-corrected chi connectivity index (χ3v) is 3.13. The van der Waals surface area contributed by atoms with E-state index in [1.54, 1.807) is 13.8 Å². The standard InChI is InChI=1S/C11H17ClN2O3/c1-8(9(15)16)14(6-4-5-13)10(17)11(2,3)7-12/h8H,4,6-7H2,1-3H3,(H,15,16). The maximum absolute atomic E-state index is 12.1. The molecule has 0 rings (SSSR count). The molecule has 0 spiro atoms. The molecular weight excluding hydrogens is 244 g/mol. The van der Waals surface area contributed by atoms with Gasteiger partial charge in [-0.3, -0.25) is 4.79 Å². The van der Waals surface area contributed by atoms with Crippen LogP contribution < -0.4 is 0 Å². The van der Waals surface area contributed by atoms with Gasteiger partial charge in [0.25, 0.3) is 0 Å². The number of carboxylic acid groups (broad SMARTS) is 1. The van der Waals surface area contributed by atoms with Gasteiger partial charge in [-0.25, -0.2) is 4.79 Å². The van der Waals surface area contributed by atoms with E-state index in [9.17, 15) is 9.59 Å². The second-order valence-electron chi connectivity index (χ2n) is 4.44. The molecule has 0 fully saturated rings. The summed E-state index contributed by atoms with van der Waals surface area (Å²) in [5.74, 6) is -1.35. The lowest BCUT2D eigenvalue weighted by Gasteiger charge is -2.32. The fourth-order valence-corrected chi connectivity index (χ4v) is 1.34. The zero-order valence-corrected chi connectivity index (χ0v) is 11.0. The molecule has 1 N–H and O–H groups in total. The highest BCUT2D eigenvalue weighted by molar-refractivity contribution is 6.19. The molecule has 0 aromatic heterocycles. The Morgan fingerprint density at radius 1 is 1.53 bits per heavy atom. The van der Waals surface area contributed by atoms with E-state index in [0.29, 0.717) is 0 Å². The van der Waals surface area contributed by atoms with E-state index in [1.807, 2.05) is 6.07 Å². The first-order valence-electron chi connectivity index (χ1n) is 5.24. The van der Waals surface area contributed by atoms with E-state index in [4.69, 9.17) is 22.0 Å². The van der Waals surface area contributed by atoms with Gasteiger partial charge in [-0.2, -0.15) is 5.26 Å². The Morgan fingerprint density at radius 3 is 2.41 bits per heavy atom. The number of aliphatic carboxylic acids is 1. The molecule has 6 heteroatoms. The van der Waals surface area contributed by atoms with Crippen LogP contribution in [0.2, 0.25) is 0 Å². The summed E-state index contributed by atoms with van der Waals surface area (Å²) in [5.41, 5.74) is -0.833. The van der Waals surface area contributed by atoms with Crippen molar-refractivity contribution in [1.82, 2.24) is 4.90 Å². The van der Waals surface area contributed by atoms with Gasteiger partial charge in [0, 0.05) is 12.4 Å². The molecule has 1 atom stereocenters. The van der Waals surface area contributed by atoms with Crippen LogP contribution in [0.5, 0.6) is 0 Å². The van der Waals surface area contributed by atoms with Crippen molar-refractivity contribution in [2.75, 3.05) is 12.4 Å². The highest BCUT2D eigenvalue weighted by Crippen LogP contribution is 2.22. The van der Waals surface area contributed by atoms with Crippen molar-refractivity contribution in [3.8, 4) is 6.07 Å². The van der Waals surface area contributed by atoms with E-state index in [-0.39, 0.29) is 24.8 Å². The number of rotatable bonds is 6. The van der Waals surface area contributed by atoms with E-state index in [1.165, 1.54) is 11.8 Å². The predicted octanol–water partition coefficient (Wildman–Crippen LogP) is 1.47. The van der Waals surface area contributed by atoms with E-state index >= 15 is 0 Å². The molecule has 0 aliphatic rings. The van der Waals surface area contributed by atoms with Crippen LogP contribution in [0, 0.1) is 16.7 Å². The minimum atomic E-state index is -1.10. The first kappa shape index (κ1) is 15.7. The molecule has 0 aliphatic heterocycles. The van der Waals surface area contributed by atoms with Crippen molar-refractivity contribution >= 4 is 23.5 Å². The number of nitriles is 1. The van der Waals surface area contributed by atoms with Crippen LogP contribution in [0.25, 0.3) is 0 Å². The molecule has 0 bridgehead atoms. The number of halogens is 1. The predicted molar refractivity (Wildman–Crippen MR) is 63.5 cm³/mol. The minimum Gasteiger partial charge on any atom is -0.480 e. The molecule has 0 radical (unpaired) electrons. The van der Waals surface area contributed by atoms with Crippen LogP contribution >= 0.6 is 11.6 Å². The van der Waals surface area contributed by atoms with Gasteiger partial charge in [0.1, 0.15) is 6.04 Å². The van der Waals surface area contributed by atoms with Gasteiger partial charge in [-0.05, 0) is 20.8 Å². The Hall–Kier alpha value is -1.28. The van der Waals surface area contributed by atoms with Gasteiger partial charge >= 0.3 is 5.97 Å². The summed E-state index contributed by atoms with van der Waals surface area (Å²) in [6.07, 6.45) is 0.0989. The SMILES string of the molecule is CC(C(=O)O)N(CCC#N)C(=O)C(C)(C)CCl. The Bertz CT molecular complexity index is 336. The van der Waals surface area contributed by atoms with Crippen molar-refractivity contribution < 1.29 is 14.7 Å². The first-order valence-corrected chi connectivity index (χ1v) is 5.78. The van der Waals surface area contributed by atoms with Crippen molar-refractivity contribution in [3.63, 3.8) is 0 Å². The Balaban J connectivity index is 4.99. The number of carbonyl (C=O) groups is 2. The second kappa shape index (κ2) is 6.45. The third kappa shape index (κ3) is 4.23. The summed E-state index contributed by atoms with van der Waals surface area (Å²) in [5, 5.41) is 17.4. The summed E-state index contributed by atoms with van der Waals surface area (Å²) < 4.78 is 0. The van der Waals surface area contributed by atoms with E-state index < -0.39 is 17.4 Å². The zero-order chi connectivity index (χ0) is 13.6. The monoisotopic (exact) mass is 260 g/mol. The fraction of sp³-hybridized carbons (Fsp3) is 0.727. The molecule has 0 aromatic carbocycles. The van der Waals surface area contributed by atoms with E-state index in [0.717, 1.165) is 0 Å². The van der Waals surface area contributed by atoms with Crippen molar-refractivity contribution in [1.29, 1.82) is 5.26 Å². The van der Waals surface area contributed by atoms with Crippen LogP contribution in [0.1, 0.15) is 27.2 Å². The summed E-state index contributed by atoms with van der Waals surface area (Å²) >= 11 is 5.69. The molecule has 1 amide bonds. The van der Waals surface area contributed by atoms with E-state index in [2.05, 4.69) is 0 Å². The Labute approximate surface area is 106 Å². The molecule has 0 heterocycles. The van der Waals surface area contributed by atoms with Crippen LogP contribution in [0.3, 0.4) is 0 Å². The first-order chi connectivity index (χ1) is 7.77. The zero-order valence-electron chi connectivity index (χ0n) is 10.2. The highest BCUT2D eigenvalue weighted by Gasteiger charge is 2.35. The average molecular weight is 261 g/mol. The van der Waals surface area contributed by atoms with Gasteiger partial charge in [0.2, 0.25) is 5.91 Å². The molecule has 0 saturated heterocycles. The largest absolute Gasteiger partial charge is 0.480 e. The Kier molecular flexibility index (Phi) is 5.97. The van der Waals surface area contributed by atoms with Crippen LogP contribution in [-0.4, -0.2) is 40.3 Å². The topological polar surface area (TPSA) is 81.4 Å². The number of carboxylic acids is 1. The van der Waals surface area contributed by atoms with Gasteiger partial charge in [-0.1, -0.05) is 0 Å². The molecule has 1 unspecified atom stereocenters. The third-order valence-electron chi connectivity index (χ3n) is 2.46. The number of hydrogen-bond acceptors (Lipinski definition) is 3. The smallest absolute Gasteiger partial charge is 0.326 e. The molecule has 0 aromatic rings. The second-order valence-corrected chi connectivity index (χ2v) is 4.71. The van der Waals surface area contributed by atoms with Crippen molar-refractivity contribution in [2.24, 2.45) is 5.41 Å². The molecule has 17 heavy (non-hydrogen) atoms. The lowest BCUT2D eigenvalue weighted by Crippen LogP contribution is -2.49. The molecular formula is C11H17ClN2O3. The number of amides is 1. The number of hydrogen-bond donors (Lipinski definition) is 1. The van der Waals surface area contributed by atoms with Crippen LogP contribution in [0.4, 0.5) is 0 Å². The summed E-state index contributed by atoms with van der Waals surface area (Å²) in [6, 6.07) is 0.937. The quantitative estimate of drug-likeness (QED) is 0.733. The average Bonchev–Trinajstić information content (AvgIpc) is 2.28. The minimum absolute atomic E-state index is 0.0984. The summed E-state index contributed by atoms with van der Waals surface area (Å²) in [7, 11) is 0. The molecule has 0 saturated carbocycles. The Morgan fingerprint density at radius 2 is 2.06 bits per heavy atom. The normalized spacial score (nSPS) is 12.6. The number of nitrogens with zero attached hydrogens (tertiary/aromatic N) is 2. The summed E-state index contributed by atoms with van der Waals surface area (Å²) in [6.45, 7) is 4.82. The summed E-state index contributed by atoms with van der Waals surface area (Å²) in [4.78, 5) is 24.2. The molecule has 5 nitrogen and oxygen atoms in total. The lowest BCUT2D eigenvalue weighted by atomic mass is 9.93. The maximum Gasteiger partial charge on any atom is 0.326 e. The van der Waals surface area contributed by atoms with Crippen molar-refractivity contribution in [2.45, 2.75) is 33.2 Å². The van der Waals surface area contributed by atoms with Gasteiger partial charge < -0.3 is 10.0 Å². The highest BCUT2D eigenvalue weighted by atomic mass is 35.5. The number of carbonyl (C=O) groups excluding carboxylic acids is 1. The van der Waals surface area contributed by atoms with Gasteiger partial charge in [0.05, 0.1) is 17.9 Å². The van der Waals surface area contributed by atoms with Gasteiger partial charge in [0.15, 0.2) is 0 Å². The number of alkyl halides is 1. The molecule has 0 aliphatic carbocycles. The van der Waals surface area contributed by atoms with Crippen LogP contribution in [0.15, 0.2) is 0 Å². The maximum atomic E-state index is 12.1. The molecule has 96 valence electrons. The van der Waals surface area contributed by atoms with Gasteiger partial charge in [-0.15, -0.1) is 11.6 Å². The van der Waals surface area contributed by atoms with Crippen molar-refractivity contribution in [3.05, 3.63) is 0 Å². The van der Waals surface area contributed by atoms with Crippen LogP contribution in [-0.2, 0) is 9.59 Å².